The number of ether oxygens (including phenoxy) is 2. The molecule has 0 amide bonds. The van der Waals surface area contributed by atoms with Gasteiger partial charge in [-0.25, -0.2) is 15.0 Å². The minimum absolute atomic E-state index is 0.308. The van der Waals surface area contributed by atoms with E-state index in [1.54, 1.807) is 0 Å². The average Bonchev–Trinajstić information content (AvgIpc) is 3.33. The van der Waals surface area contributed by atoms with E-state index in [2.05, 4.69) is 39.2 Å². The Morgan fingerprint density at radius 3 is 2.56 bits per heavy atom. The lowest BCUT2D eigenvalue weighted by molar-refractivity contribution is 0.0845. The quantitative estimate of drug-likeness (QED) is 0.728. The predicted molar refractivity (Wildman–Crippen MR) is 124 cm³/mol. The second-order valence-corrected chi connectivity index (χ2v) is 8.74. The molecule has 3 saturated heterocycles. The maximum atomic E-state index is 5.50. The van der Waals surface area contributed by atoms with Crippen molar-refractivity contribution in [3.63, 3.8) is 0 Å². The second-order valence-electron chi connectivity index (χ2n) is 8.74. The molecule has 5 heterocycles. The molecule has 1 unspecified atom stereocenters. The Kier molecular flexibility index (Phi) is 6.64. The summed E-state index contributed by atoms with van der Waals surface area (Å²) in [5, 5.41) is 3.65. The molecule has 1 N–H and O–H groups in total. The Morgan fingerprint density at radius 2 is 1.75 bits per heavy atom. The normalized spacial score (nSPS) is 22.3. The number of morpholine rings is 1. The van der Waals surface area contributed by atoms with Gasteiger partial charge in [0.25, 0.3) is 0 Å². The molecule has 5 rings (SSSR count). The number of aromatic nitrogens is 4. The standard InChI is InChI=1S/C23H33N7O2/c1-2-18-15-21(28-23(26-18)29-9-13-32-14-10-29)25-19-4-8-30(16-19)22-24-7-3-20(27-22)17-5-11-31-12-6-17/h3,7,15,17,19H,2,4-6,8-14,16H2,1H3,(H,25,26,28). The van der Waals surface area contributed by atoms with Crippen LogP contribution in [0.2, 0.25) is 0 Å². The number of hydrogen-bond acceptors (Lipinski definition) is 9. The van der Waals surface area contributed by atoms with Crippen molar-refractivity contribution in [2.45, 2.75) is 44.6 Å². The van der Waals surface area contributed by atoms with Crippen molar-refractivity contribution in [3.8, 4) is 0 Å². The maximum Gasteiger partial charge on any atom is 0.227 e. The lowest BCUT2D eigenvalue weighted by atomic mass is 9.96. The molecule has 1 atom stereocenters. The monoisotopic (exact) mass is 439 g/mol. The fraction of sp³-hybridized carbons (Fsp3) is 0.652. The van der Waals surface area contributed by atoms with E-state index >= 15 is 0 Å². The van der Waals surface area contributed by atoms with Gasteiger partial charge in [0.15, 0.2) is 0 Å². The van der Waals surface area contributed by atoms with Gasteiger partial charge in [-0.15, -0.1) is 0 Å². The molecule has 2 aromatic rings. The van der Waals surface area contributed by atoms with Crippen LogP contribution in [0.25, 0.3) is 0 Å². The molecule has 0 spiro atoms. The van der Waals surface area contributed by atoms with Gasteiger partial charge in [0.05, 0.1) is 13.2 Å². The molecule has 9 heteroatoms. The molecule has 2 aromatic heterocycles. The number of nitrogens with zero attached hydrogens (tertiary/aromatic N) is 6. The van der Waals surface area contributed by atoms with Crippen molar-refractivity contribution in [3.05, 3.63) is 29.7 Å². The van der Waals surface area contributed by atoms with Gasteiger partial charge in [-0.1, -0.05) is 6.92 Å². The molecular weight excluding hydrogens is 406 g/mol. The zero-order chi connectivity index (χ0) is 21.8. The molecule has 3 fully saturated rings. The van der Waals surface area contributed by atoms with Gasteiger partial charge in [0.1, 0.15) is 5.82 Å². The molecule has 32 heavy (non-hydrogen) atoms. The molecule has 0 aliphatic carbocycles. The van der Waals surface area contributed by atoms with Crippen LogP contribution in [0.3, 0.4) is 0 Å². The van der Waals surface area contributed by atoms with Crippen LogP contribution >= 0.6 is 0 Å². The number of rotatable bonds is 6. The summed E-state index contributed by atoms with van der Waals surface area (Å²) in [7, 11) is 0. The highest BCUT2D eigenvalue weighted by Crippen LogP contribution is 2.27. The highest BCUT2D eigenvalue weighted by atomic mass is 16.5. The van der Waals surface area contributed by atoms with Gasteiger partial charge in [-0.05, 0) is 31.7 Å². The first-order valence-corrected chi connectivity index (χ1v) is 11.9. The predicted octanol–water partition coefficient (Wildman–Crippen LogP) is 2.25. The Balaban J connectivity index is 1.25. The van der Waals surface area contributed by atoms with E-state index in [4.69, 9.17) is 24.4 Å². The van der Waals surface area contributed by atoms with Crippen molar-refractivity contribution in [1.82, 2.24) is 19.9 Å². The van der Waals surface area contributed by atoms with Crippen LogP contribution < -0.4 is 15.1 Å². The van der Waals surface area contributed by atoms with Crippen LogP contribution in [0.5, 0.6) is 0 Å². The molecule has 0 aromatic carbocycles. The first kappa shape index (κ1) is 21.3. The summed E-state index contributed by atoms with van der Waals surface area (Å²) in [6.07, 6.45) is 5.90. The lowest BCUT2D eigenvalue weighted by Crippen LogP contribution is -2.37. The Bertz CT molecular complexity index is 900. The molecule has 3 aliphatic rings. The molecule has 172 valence electrons. The largest absolute Gasteiger partial charge is 0.381 e. The van der Waals surface area contributed by atoms with E-state index in [1.807, 2.05) is 6.20 Å². The first-order chi connectivity index (χ1) is 15.8. The maximum absolute atomic E-state index is 5.50. The first-order valence-electron chi connectivity index (χ1n) is 11.9. The Labute approximate surface area is 189 Å². The van der Waals surface area contributed by atoms with E-state index in [0.717, 1.165) is 107 Å². The van der Waals surface area contributed by atoms with Gasteiger partial charge in [-0.2, -0.15) is 4.98 Å². The van der Waals surface area contributed by atoms with E-state index in [1.165, 1.54) is 0 Å². The molecular formula is C23H33N7O2. The van der Waals surface area contributed by atoms with Gasteiger partial charge in [-0.3, -0.25) is 0 Å². The van der Waals surface area contributed by atoms with Gasteiger partial charge >= 0.3 is 0 Å². The minimum atomic E-state index is 0.308. The van der Waals surface area contributed by atoms with Crippen LogP contribution in [-0.4, -0.2) is 78.6 Å². The van der Waals surface area contributed by atoms with Crippen LogP contribution in [0, 0.1) is 0 Å². The number of nitrogens with one attached hydrogen (secondary N) is 1. The number of aryl methyl sites for hydroxylation is 1. The lowest BCUT2D eigenvalue weighted by Gasteiger charge is -2.27. The molecule has 0 radical (unpaired) electrons. The summed E-state index contributed by atoms with van der Waals surface area (Å²) >= 11 is 0. The summed E-state index contributed by atoms with van der Waals surface area (Å²) in [6, 6.07) is 4.45. The van der Waals surface area contributed by atoms with E-state index < -0.39 is 0 Å². The van der Waals surface area contributed by atoms with Gasteiger partial charge in [0, 0.05) is 75.0 Å². The molecule has 0 saturated carbocycles. The van der Waals surface area contributed by atoms with E-state index in [-0.39, 0.29) is 0 Å². The summed E-state index contributed by atoms with van der Waals surface area (Å²) in [6.45, 7) is 8.73. The highest BCUT2D eigenvalue weighted by molar-refractivity contribution is 5.46. The van der Waals surface area contributed by atoms with Crippen molar-refractivity contribution in [1.29, 1.82) is 0 Å². The second kappa shape index (κ2) is 9.95. The summed E-state index contributed by atoms with van der Waals surface area (Å²) < 4.78 is 11.0. The van der Waals surface area contributed by atoms with Crippen LogP contribution in [0.15, 0.2) is 18.3 Å². The Morgan fingerprint density at radius 1 is 0.938 bits per heavy atom. The fourth-order valence-electron chi connectivity index (χ4n) is 4.65. The fourth-order valence-corrected chi connectivity index (χ4v) is 4.65. The van der Waals surface area contributed by atoms with Crippen molar-refractivity contribution >= 4 is 17.7 Å². The third kappa shape index (κ3) is 4.94. The van der Waals surface area contributed by atoms with Crippen molar-refractivity contribution < 1.29 is 9.47 Å². The number of anilines is 3. The summed E-state index contributed by atoms with van der Waals surface area (Å²) in [4.78, 5) is 23.6. The topological polar surface area (TPSA) is 88.5 Å². The van der Waals surface area contributed by atoms with Crippen LogP contribution in [0.4, 0.5) is 17.7 Å². The van der Waals surface area contributed by atoms with Crippen molar-refractivity contribution in [2.24, 2.45) is 0 Å². The van der Waals surface area contributed by atoms with E-state index in [9.17, 15) is 0 Å². The highest BCUT2D eigenvalue weighted by Gasteiger charge is 2.26. The van der Waals surface area contributed by atoms with Gasteiger partial charge < -0.3 is 24.6 Å². The third-order valence-electron chi connectivity index (χ3n) is 6.55. The minimum Gasteiger partial charge on any atom is -0.381 e. The van der Waals surface area contributed by atoms with Crippen LogP contribution in [0.1, 0.15) is 43.5 Å². The van der Waals surface area contributed by atoms with Crippen LogP contribution in [-0.2, 0) is 15.9 Å². The summed E-state index contributed by atoms with van der Waals surface area (Å²) in [5.41, 5.74) is 2.21. The average molecular weight is 440 g/mol. The van der Waals surface area contributed by atoms with Gasteiger partial charge in [0.2, 0.25) is 11.9 Å². The third-order valence-corrected chi connectivity index (χ3v) is 6.55. The smallest absolute Gasteiger partial charge is 0.227 e. The Hall–Kier alpha value is -2.52. The molecule has 9 nitrogen and oxygen atoms in total. The SMILES string of the molecule is CCc1cc(NC2CCN(c3nccc(C4CCOCC4)n3)C2)nc(N2CCOCC2)n1. The zero-order valence-electron chi connectivity index (χ0n) is 18.9. The number of hydrogen-bond donors (Lipinski definition) is 1. The van der Waals surface area contributed by atoms with Crippen molar-refractivity contribution in [2.75, 3.05) is 67.7 Å². The van der Waals surface area contributed by atoms with E-state index in [0.29, 0.717) is 12.0 Å². The zero-order valence-corrected chi connectivity index (χ0v) is 18.9. The molecule has 0 bridgehead atoms. The summed E-state index contributed by atoms with van der Waals surface area (Å²) in [5.74, 6) is 3.03. The molecule has 3 aliphatic heterocycles.